The van der Waals surface area contributed by atoms with Gasteiger partial charge in [0.1, 0.15) is 0 Å². The number of hydrogen-bond donors (Lipinski definition) is 1. The number of halogens is 1. The molecular weight excluding hydrogens is 244 g/mol. The van der Waals surface area contributed by atoms with Crippen LogP contribution >= 0.6 is 11.6 Å². The Bertz CT molecular complexity index is 539. The molecule has 0 saturated heterocycles. The number of allylic oxidation sites excluding steroid dienone is 5. The van der Waals surface area contributed by atoms with Crippen LogP contribution in [0.2, 0.25) is 5.02 Å². The minimum atomic E-state index is 0.699. The Kier molecular flexibility index (Phi) is 4.37. The van der Waals surface area contributed by atoms with Crippen LogP contribution in [0.15, 0.2) is 59.3 Å². The van der Waals surface area contributed by atoms with Gasteiger partial charge in [0.05, 0.1) is 11.4 Å². The van der Waals surface area contributed by atoms with Crippen molar-refractivity contribution in [2.24, 2.45) is 4.99 Å². The minimum Gasteiger partial charge on any atom is -0.360 e. The second kappa shape index (κ2) is 6.22. The molecule has 0 atom stereocenters. The second-order valence-corrected chi connectivity index (χ2v) is 4.36. The quantitative estimate of drug-likeness (QED) is 0.752. The zero-order valence-electron chi connectivity index (χ0n) is 10.2. The van der Waals surface area contributed by atoms with Gasteiger partial charge in [0.15, 0.2) is 0 Å². The third-order valence-electron chi connectivity index (χ3n) is 2.54. The smallest absolute Gasteiger partial charge is 0.0875 e. The van der Waals surface area contributed by atoms with E-state index in [2.05, 4.69) is 16.4 Å². The molecule has 0 fully saturated rings. The van der Waals surface area contributed by atoms with Gasteiger partial charge in [-0.2, -0.15) is 0 Å². The van der Waals surface area contributed by atoms with Gasteiger partial charge >= 0.3 is 0 Å². The molecule has 0 aliphatic carbocycles. The molecule has 0 bridgehead atoms. The molecule has 0 spiro atoms. The van der Waals surface area contributed by atoms with Gasteiger partial charge in [-0.3, -0.25) is 4.99 Å². The topological polar surface area (TPSA) is 24.4 Å². The summed E-state index contributed by atoms with van der Waals surface area (Å²) in [6.45, 7) is 2.00. The molecular formula is C15H15ClN2. The molecule has 1 aliphatic rings. The molecule has 1 aliphatic heterocycles. The van der Waals surface area contributed by atoms with Crippen molar-refractivity contribution in [1.82, 2.24) is 0 Å². The standard InChI is InChI=1S/C15H15ClN2/c1-2-3-4-5-12-8-9-17-15-10-13(16)6-7-14(15)18-11-12/h2-7,9-11,18H,8H2,1H3/b3-2-,5-4-,12-11-,17-9?. The van der Waals surface area contributed by atoms with E-state index in [0.29, 0.717) is 5.02 Å². The van der Waals surface area contributed by atoms with Crippen LogP contribution in [0, 0.1) is 0 Å². The number of benzene rings is 1. The second-order valence-electron chi connectivity index (χ2n) is 3.93. The highest BCUT2D eigenvalue weighted by atomic mass is 35.5. The first-order chi connectivity index (χ1) is 8.79. The van der Waals surface area contributed by atoms with E-state index in [4.69, 9.17) is 11.6 Å². The normalized spacial score (nSPS) is 18.0. The lowest BCUT2D eigenvalue weighted by molar-refractivity contribution is 1.32. The zero-order chi connectivity index (χ0) is 12.8. The van der Waals surface area contributed by atoms with Crippen molar-refractivity contribution in [2.75, 3.05) is 5.32 Å². The number of anilines is 1. The highest BCUT2D eigenvalue weighted by Gasteiger charge is 2.03. The number of fused-ring (bicyclic) bond motifs is 1. The fraction of sp³-hybridized carbons (Fsp3) is 0.133. The van der Waals surface area contributed by atoms with Crippen LogP contribution in [0.3, 0.4) is 0 Å². The van der Waals surface area contributed by atoms with Gasteiger partial charge in [0, 0.05) is 23.9 Å². The van der Waals surface area contributed by atoms with E-state index in [0.717, 1.165) is 17.8 Å². The van der Waals surface area contributed by atoms with Crippen molar-refractivity contribution >= 4 is 29.2 Å². The van der Waals surface area contributed by atoms with Crippen molar-refractivity contribution in [2.45, 2.75) is 13.3 Å². The molecule has 2 nitrogen and oxygen atoms in total. The Morgan fingerprint density at radius 2 is 2.22 bits per heavy atom. The summed E-state index contributed by atoms with van der Waals surface area (Å²) in [7, 11) is 0. The van der Waals surface area contributed by atoms with Gasteiger partial charge < -0.3 is 5.32 Å². The van der Waals surface area contributed by atoms with Crippen molar-refractivity contribution in [1.29, 1.82) is 0 Å². The lowest BCUT2D eigenvalue weighted by Gasteiger charge is -2.10. The van der Waals surface area contributed by atoms with E-state index in [1.165, 1.54) is 5.57 Å². The van der Waals surface area contributed by atoms with Gasteiger partial charge in [-0.15, -0.1) is 0 Å². The predicted octanol–water partition coefficient (Wildman–Crippen LogP) is 4.87. The molecule has 3 heteroatoms. The Labute approximate surface area is 112 Å². The van der Waals surface area contributed by atoms with Crippen LogP contribution in [0.4, 0.5) is 11.4 Å². The van der Waals surface area contributed by atoms with E-state index >= 15 is 0 Å². The zero-order valence-corrected chi connectivity index (χ0v) is 11.0. The van der Waals surface area contributed by atoms with Gasteiger partial charge in [0.2, 0.25) is 0 Å². The summed E-state index contributed by atoms with van der Waals surface area (Å²) in [4.78, 5) is 4.42. The molecule has 2 rings (SSSR count). The lowest BCUT2D eigenvalue weighted by atomic mass is 10.1. The van der Waals surface area contributed by atoms with E-state index < -0.39 is 0 Å². The average Bonchev–Trinajstić information content (AvgIpc) is 2.34. The van der Waals surface area contributed by atoms with E-state index in [9.17, 15) is 0 Å². The maximum Gasteiger partial charge on any atom is 0.0875 e. The molecule has 0 amide bonds. The first-order valence-corrected chi connectivity index (χ1v) is 6.24. The Morgan fingerprint density at radius 1 is 1.33 bits per heavy atom. The van der Waals surface area contributed by atoms with Gasteiger partial charge in [-0.1, -0.05) is 35.9 Å². The number of aliphatic imine (C=N–C) groups is 1. The fourth-order valence-electron chi connectivity index (χ4n) is 1.62. The van der Waals surface area contributed by atoms with Crippen molar-refractivity contribution in [3.8, 4) is 0 Å². The Hall–Kier alpha value is -1.80. The largest absolute Gasteiger partial charge is 0.360 e. The fourth-order valence-corrected chi connectivity index (χ4v) is 1.79. The molecule has 1 aromatic carbocycles. The first-order valence-electron chi connectivity index (χ1n) is 5.86. The third-order valence-corrected chi connectivity index (χ3v) is 2.78. The van der Waals surface area contributed by atoms with E-state index in [1.807, 2.05) is 55.8 Å². The number of nitrogens with zero attached hydrogens (tertiary/aromatic N) is 1. The maximum atomic E-state index is 5.95. The van der Waals surface area contributed by atoms with Gasteiger partial charge in [-0.25, -0.2) is 0 Å². The summed E-state index contributed by atoms with van der Waals surface area (Å²) in [6, 6.07) is 5.65. The minimum absolute atomic E-state index is 0.699. The van der Waals surface area contributed by atoms with Crippen LogP contribution in [0.5, 0.6) is 0 Å². The summed E-state index contributed by atoms with van der Waals surface area (Å²) in [6.07, 6.45) is 12.8. The Morgan fingerprint density at radius 3 is 3.06 bits per heavy atom. The molecule has 0 unspecified atom stereocenters. The molecule has 92 valence electrons. The molecule has 18 heavy (non-hydrogen) atoms. The molecule has 1 heterocycles. The summed E-state index contributed by atoms with van der Waals surface area (Å²) < 4.78 is 0. The van der Waals surface area contributed by atoms with Crippen molar-refractivity contribution < 1.29 is 0 Å². The summed E-state index contributed by atoms with van der Waals surface area (Å²) in [5, 5.41) is 3.96. The summed E-state index contributed by atoms with van der Waals surface area (Å²) in [5.74, 6) is 0. The highest BCUT2D eigenvalue weighted by molar-refractivity contribution is 6.31. The third kappa shape index (κ3) is 3.34. The number of rotatable bonds is 2. The van der Waals surface area contributed by atoms with Crippen LogP contribution < -0.4 is 5.32 Å². The van der Waals surface area contributed by atoms with Crippen LogP contribution in [-0.4, -0.2) is 6.21 Å². The van der Waals surface area contributed by atoms with Gasteiger partial charge in [-0.05, 0) is 30.7 Å². The Balaban J connectivity index is 2.22. The van der Waals surface area contributed by atoms with Crippen molar-refractivity contribution in [3.63, 3.8) is 0 Å². The van der Waals surface area contributed by atoms with Gasteiger partial charge in [0.25, 0.3) is 0 Å². The predicted molar refractivity (Wildman–Crippen MR) is 79.9 cm³/mol. The molecule has 0 radical (unpaired) electrons. The molecule has 1 N–H and O–H groups in total. The van der Waals surface area contributed by atoms with Crippen LogP contribution in [-0.2, 0) is 0 Å². The lowest BCUT2D eigenvalue weighted by Crippen LogP contribution is -1.95. The van der Waals surface area contributed by atoms with Crippen LogP contribution in [0.25, 0.3) is 0 Å². The van der Waals surface area contributed by atoms with Crippen molar-refractivity contribution in [3.05, 3.63) is 59.3 Å². The summed E-state index contributed by atoms with van der Waals surface area (Å²) >= 11 is 5.95. The number of hydrogen-bond acceptors (Lipinski definition) is 2. The molecule has 0 aromatic heterocycles. The monoisotopic (exact) mass is 258 g/mol. The van der Waals surface area contributed by atoms with E-state index in [1.54, 1.807) is 0 Å². The van der Waals surface area contributed by atoms with Crippen LogP contribution in [0.1, 0.15) is 13.3 Å². The SMILES string of the molecule is C\C=C/C=C\C1=C\Nc2ccc(Cl)cc2N=CC1. The number of nitrogens with one attached hydrogen (secondary N) is 1. The maximum absolute atomic E-state index is 5.95. The highest BCUT2D eigenvalue weighted by Crippen LogP contribution is 2.29. The summed E-state index contributed by atoms with van der Waals surface area (Å²) in [5.41, 5.74) is 3.01. The molecule has 1 aromatic rings. The molecule has 0 saturated carbocycles. The first kappa shape index (κ1) is 12.7. The average molecular weight is 259 g/mol. The van der Waals surface area contributed by atoms with E-state index in [-0.39, 0.29) is 0 Å².